The van der Waals surface area contributed by atoms with Crippen molar-refractivity contribution in [3.05, 3.63) is 48.3 Å². The molecule has 3 rings (SSSR count). The SMILES string of the molecule is CC(C)n1c(-c2cccc(N)c2)nc2ccc(F)cc21. The molecule has 4 heteroatoms. The van der Waals surface area contributed by atoms with E-state index in [0.29, 0.717) is 5.69 Å². The fraction of sp³-hybridized carbons (Fsp3) is 0.188. The molecular formula is C16H16FN3. The molecule has 0 aliphatic heterocycles. The number of benzene rings is 2. The van der Waals surface area contributed by atoms with Gasteiger partial charge in [-0.05, 0) is 44.2 Å². The standard InChI is InChI=1S/C16H16FN3/c1-10(2)20-15-9-12(17)6-7-14(15)19-16(20)11-4-3-5-13(18)8-11/h3-10H,18H2,1-2H3. The second-order valence-electron chi connectivity index (χ2n) is 5.16. The van der Waals surface area contributed by atoms with Crippen LogP contribution in [-0.4, -0.2) is 9.55 Å². The maximum absolute atomic E-state index is 13.5. The maximum Gasteiger partial charge on any atom is 0.141 e. The minimum Gasteiger partial charge on any atom is -0.399 e. The van der Waals surface area contributed by atoms with Gasteiger partial charge in [0, 0.05) is 17.3 Å². The Morgan fingerprint density at radius 2 is 1.95 bits per heavy atom. The molecule has 3 aromatic rings. The average Bonchev–Trinajstić information content (AvgIpc) is 2.77. The molecule has 0 radical (unpaired) electrons. The van der Waals surface area contributed by atoms with Crippen molar-refractivity contribution in [1.82, 2.24) is 9.55 Å². The van der Waals surface area contributed by atoms with Crippen LogP contribution < -0.4 is 5.73 Å². The fourth-order valence-corrected chi connectivity index (χ4v) is 2.47. The molecule has 0 amide bonds. The van der Waals surface area contributed by atoms with Crippen molar-refractivity contribution in [2.24, 2.45) is 0 Å². The Bertz CT molecular complexity index is 774. The van der Waals surface area contributed by atoms with Gasteiger partial charge in [0.05, 0.1) is 11.0 Å². The van der Waals surface area contributed by atoms with E-state index in [4.69, 9.17) is 5.73 Å². The van der Waals surface area contributed by atoms with Crippen LogP contribution in [0.5, 0.6) is 0 Å². The molecule has 0 fully saturated rings. The van der Waals surface area contributed by atoms with Crippen LogP contribution >= 0.6 is 0 Å². The first-order chi connectivity index (χ1) is 9.56. The van der Waals surface area contributed by atoms with Crippen LogP contribution in [0.4, 0.5) is 10.1 Å². The first kappa shape index (κ1) is 12.7. The van der Waals surface area contributed by atoms with Crippen LogP contribution in [0, 0.1) is 5.82 Å². The number of hydrogen-bond acceptors (Lipinski definition) is 2. The lowest BCUT2D eigenvalue weighted by Gasteiger charge is -2.13. The Labute approximate surface area is 116 Å². The summed E-state index contributed by atoms with van der Waals surface area (Å²) < 4.78 is 15.5. The quantitative estimate of drug-likeness (QED) is 0.714. The van der Waals surface area contributed by atoms with E-state index in [1.165, 1.54) is 12.1 Å². The number of halogens is 1. The number of aromatic nitrogens is 2. The molecule has 20 heavy (non-hydrogen) atoms. The minimum atomic E-state index is -0.251. The third kappa shape index (κ3) is 2.03. The molecule has 0 spiro atoms. The normalized spacial score (nSPS) is 11.4. The van der Waals surface area contributed by atoms with Gasteiger partial charge in [0.25, 0.3) is 0 Å². The van der Waals surface area contributed by atoms with E-state index < -0.39 is 0 Å². The number of nitrogen functional groups attached to an aromatic ring is 1. The topological polar surface area (TPSA) is 43.8 Å². The predicted octanol–water partition coefficient (Wildman–Crippen LogP) is 4.01. The first-order valence-corrected chi connectivity index (χ1v) is 6.59. The second kappa shape index (κ2) is 4.63. The van der Waals surface area contributed by atoms with E-state index in [9.17, 15) is 4.39 Å². The molecule has 0 aliphatic rings. The molecule has 0 saturated heterocycles. The number of rotatable bonds is 2. The molecule has 0 bridgehead atoms. The zero-order valence-corrected chi connectivity index (χ0v) is 11.5. The number of hydrogen-bond donors (Lipinski definition) is 1. The van der Waals surface area contributed by atoms with Crippen LogP contribution in [0.3, 0.4) is 0 Å². The Balaban J connectivity index is 2.32. The molecule has 1 aromatic heterocycles. The highest BCUT2D eigenvalue weighted by Crippen LogP contribution is 2.29. The summed E-state index contributed by atoms with van der Waals surface area (Å²) in [5, 5.41) is 0. The smallest absolute Gasteiger partial charge is 0.141 e. The van der Waals surface area contributed by atoms with Crippen molar-refractivity contribution in [3.8, 4) is 11.4 Å². The summed E-state index contributed by atoms with van der Waals surface area (Å²) in [6.07, 6.45) is 0. The van der Waals surface area contributed by atoms with Crippen molar-refractivity contribution in [2.75, 3.05) is 5.73 Å². The van der Waals surface area contributed by atoms with Crippen LogP contribution in [0.25, 0.3) is 22.4 Å². The van der Waals surface area contributed by atoms with Gasteiger partial charge in [-0.2, -0.15) is 0 Å². The lowest BCUT2D eigenvalue weighted by Crippen LogP contribution is -2.03. The van der Waals surface area contributed by atoms with E-state index >= 15 is 0 Å². The number of nitrogens with two attached hydrogens (primary N) is 1. The van der Waals surface area contributed by atoms with Gasteiger partial charge in [-0.3, -0.25) is 0 Å². The Morgan fingerprint density at radius 3 is 2.65 bits per heavy atom. The van der Waals surface area contributed by atoms with Gasteiger partial charge < -0.3 is 10.3 Å². The lowest BCUT2D eigenvalue weighted by atomic mass is 10.2. The van der Waals surface area contributed by atoms with E-state index in [1.807, 2.05) is 28.8 Å². The highest BCUT2D eigenvalue weighted by Gasteiger charge is 2.15. The number of imidazole rings is 1. The molecule has 2 aromatic carbocycles. The zero-order chi connectivity index (χ0) is 14.3. The molecule has 2 N–H and O–H groups in total. The third-order valence-electron chi connectivity index (χ3n) is 3.31. The first-order valence-electron chi connectivity index (χ1n) is 6.59. The van der Waals surface area contributed by atoms with Gasteiger partial charge >= 0.3 is 0 Å². The van der Waals surface area contributed by atoms with Crippen LogP contribution in [0.15, 0.2) is 42.5 Å². The molecule has 1 heterocycles. The van der Waals surface area contributed by atoms with Crippen LogP contribution in [-0.2, 0) is 0 Å². The van der Waals surface area contributed by atoms with E-state index in [2.05, 4.69) is 18.8 Å². The summed E-state index contributed by atoms with van der Waals surface area (Å²) in [5.41, 5.74) is 9.07. The molecular weight excluding hydrogens is 253 g/mol. The van der Waals surface area contributed by atoms with E-state index in [1.54, 1.807) is 6.07 Å². The maximum atomic E-state index is 13.5. The van der Waals surface area contributed by atoms with Crippen molar-refractivity contribution in [3.63, 3.8) is 0 Å². The van der Waals surface area contributed by atoms with Gasteiger partial charge in [0.2, 0.25) is 0 Å². The summed E-state index contributed by atoms with van der Waals surface area (Å²) in [6, 6.07) is 12.4. The third-order valence-corrected chi connectivity index (χ3v) is 3.31. The van der Waals surface area contributed by atoms with Gasteiger partial charge in [0.15, 0.2) is 0 Å². The number of nitrogens with zero attached hydrogens (tertiary/aromatic N) is 2. The Morgan fingerprint density at radius 1 is 1.15 bits per heavy atom. The predicted molar refractivity (Wildman–Crippen MR) is 79.9 cm³/mol. The van der Waals surface area contributed by atoms with E-state index in [-0.39, 0.29) is 11.9 Å². The Kier molecular flexibility index (Phi) is 2.93. The van der Waals surface area contributed by atoms with Crippen LogP contribution in [0.1, 0.15) is 19.9 Å². The molecule has 3 nitrogen and oxygen atoms in total. The summed E-state index contributed by atoms with van der Waals surface area (Å²) in [6.45, 7) is 4.11. The largest absolute Gasteiger partial charge is 0.399 e. The summed E-state index contributed by atoms with van der Waals surface area (Å²) in [7, 11) is 0. The minimum absolute atomic E-state index is 0.179. The lowest BCUT2D eigenvalue weighted by molar-refractivity contribution is 0.613. The molecule has 0 saturated carbocycles. The second-order valence-corrected chi connectivity index (χ2v) is 5.16. The van der Waals surface area contributed by atoms with E-state index in [0.717, 1.165) is 22.4 Å². The number of fused-ring (bicyclic) bond motifs is 1. The zero-order valence-electron chi connectivity index (χ0n) is 11.5. The van der Waals surface area contributed by atoms with Crippen molar-refractivity contribution < 1.29 is 4.39 Å². The summed E-state index contributed by atoms with van der Waals surface area (Å²) in [4.78, 5) is 4.63. The summed E-state index contributed by atoms with van der Waals surface area (Å²) >= 11 is 0. The highest BCUT2D eigenvalue weighted by molar-refractivity contribution is 5.81. The van der Waals surface area contributed by atoms with Crippen molar-refractivity contribution >= 4 is 16.7 Å². The number of anilines is 1. The molecule has 0 atom stereocenters. The van der Waals surface area contributed by atoms with Crippen molar-refractivity contribution in [1.29, 1.82) is 0 Å². The van der Waals surface area contributed by atoms with Gasteiger partial charge in [-0.1, -0.05) is 12.1 Å². The Hall–Kier alpha value is -2.36. The van der Waals surface area contributed by atoms with Gasteiger partial charge in [-0.15, -0.1) is 0 Å². The molecule has 0 unspecified atom stereocenters. The molecule has 102 valence electrons. The average molecular weight is 269 g/mol. The van der Waals surface area contributed by atoms with Crippen LogP contribution in [0.2, 0.25) is 0 Å². The van der Waals surface area contributed by atoms with Gasteiger partial charge in [-0.25, -0.2) is 9.37 Å². The van der Waals surface area contributed by atoms with Gasteiger partial charge in [0.1, 0.15) is 11.6 Å². The fourth-order valence-electron chi connectivity index (χ4n) is 2.47. The van der Waals surface area contributed by atoms with Crippen molar-refractivity contribution in [2.45, 2.75) is 19.9 Å². The highest BCUT2D eigenvalue weighted by atomic mass is 19.1. The molecule has 0 aliphatic carbocycles. The summed E-state index contributed by atoms with van der Waals surface area (Å²) in [5.74, 6) is 0.561. The monoisotopic (exact) mass is 269 g/mol.